The monoisotopic (exact) mass is 219 g/mol. The predicted molar refractivity (Wildman–Crippen MR) is 71.4 cm³/mol. The van der Waals surface area contributed by atoms with E-state index in [1.165, 1.54) is 18.5 Å². The van der Waals surface area contributed by atoms with Crippen molar-refractivity contribution in [2.75, 3.05) is 6.54 Å². The van der Waals surface area contributed by atoms with Gasteiger partial charge >= 0.3 is 0 Å². The molecule has 0 fully saturated rings. The Labute approximate surface area is 100 Å². The van der Waals surface area contributed by atoms with Crippen molar-refractivity contribution in [1.82, 2.24) is 4.90 Å². The van der Waals surface area contributed by atoms with Crippen LogP contribution in [-0.4, -0.2) is 17.5 Å². The van der Waals surface area contributed by atoms with Crippen molar-refractivity contribution in [1.29, 1.82) is 0 Å². The maximum absolute atomic E-state index is 2.55. The van der Waals surface area contributed by atoms with Gasteiger partial charge < -0.3 is 0 Å². The Balaban J connectivity index is 2.51. The highest BCUT2D eigenvalue weighted by Gasteiger charge is 2.10. The van der Waals surface area contributed by atoms with E-state index in [-0.39, 0.29) is 0 Å². The lowest BCUT2D eigenvalue weighted by Crippen LogP contribution is -2.31. The van der Waals surface area contributed by atoms with Crippen LogP contribution in [0, 0.1) is 5.92 Å². The van der Waals surface area contributed by atoms with Gasteiger partial charge in [0.25, 0.3) is 0 Å². The van der Waals surface area contributed by atoms with Crippen molar-refractivity contribution >= 4 is 0 Å². The largest absolute Gasteiger partial charge is 0.297 e. The van der Waals surface area contributed by atoms with Crippen LogP contribution in [0.25, 0.3) is 0 Å². The number of benzene rings is 1. The zero-order valence-electron chi connectivity index (χ0n) is 11.1. The van der Waals surface area contributed by atoms with Crippen molar-refractivity contribution in [3.05, 3.63) is 35.9 Å². The van der Waals surface area contributed by atoms with Crippen molar-refractivity contribution in [2.45, 2.75) is 46.7 Å². The van der Waals surface area contributed by atoms with Gasteiger partial charge in [0, 0.05) is 12.6 Å². The van der Waals surface area contributed by atoms with E-state index in [0.29, 0.717) is 6.04 Å². The molecule has 0 amide bonds. The molecule has 0 aliphatic rings. The molecular weight excluding hydrogens is 194 g/mol. The van der Waals surface area contributed by atoms with Gasteiger partial charge in [-0.05, 0) is 38.3 Å². The highest BCUT2D eigenvalue weighted by molar-refractivity contribution is 5.14. The Morgan fingerprint density at radius 2 is 1.62 bits per heavy atom. The number of hydrogen-bond acceptors (Lipinski definition) is 1. The highest BCUT2D eigenvalue weighted by Crippen LogP contribution is 2.11. The molecule has 0 aliphatic carbocycles. The summed E-state index contributed by atoms with van der Waals surface area (Å²) in [5.41, 5.74) is 1.42. The van der Waals surface area contributed by atoms with E-state index in [0.717, 1.165) is 12.5 Å². The maximum atomic E-state index is 2.55. The quantitative estimate of drug-likeness (QED) is 0.700. The van der Waals surface area contributed by atoms with Gasteiger partial charge in [-0.3, -0.25) is 4.90 Å². The Hall–Kier alpha value is -0.820. The second-order valence-corrected chi connectivity index (χ2v) is 5.23. The number of hydrogen-bond donors (Lipinski definition) is 0. The third kappa shape index (κ3) is 4.80. The molecule has 0 saturated carbocycles. The van der Waals surface area contributed by atoms with E-state index in [2.05, 4.69) is 62.9 Å². The third-order valence-corrected chi connectivity index (χ3v) is 2.95. The number of nitrogens with zero attached hydrogens (tertiary/aromatic N) is 1. The molecule has 1 aromatic rings. The Morgan fingerprint density at radius 3 is 2.12 bits per heavy atom. The zero-order valence-corrected chi connectivity index (χ0v) is 11.1. The molecule has 0 bridgehead atoms. The lowest BCUT2D eigenvalue weighted by molar-refractivity contribution is 0.201. The maximum Gasteiger partial charge on any atom is 0.0236 e. The molecule has 0 saturated heterocycles. The minimum atomic E-state index is 0.624. The van der Waals surface area contributed by atoms with E-state index >= 15 is 0 Å². The van der Waals surface area contributed by atoms with Crippen LogP contribution in [0.5, 0.6) is 0 Å². The Bertz CT molecular complexity index is 277. The summed E-state index contributed by atoms with van der Waals surface area (Å²) in [6.07, 6.45) is 1.28. The van der Waals surface area contributed by atoms with Gasteiger partial charge in [-0.15, -0.1) is 0 Å². The van der Waals surface area contributed by atoms with Crippen LogP contribution in [0.4, 0.5) is 0 Å². The Kier molecular flexibility index (Phi) is 5.54. The molecule has 1 aromatic carbocycles. The first-order chi connectivity index (χ1) is 7.59. The fourth-order valence-electron chi connectivity index (χ4n) is 1.76. The molecule has 1 heteroatoms. The molecule has 0 aromatic heterocycles. The lowest BCUT2D eigenvalue weighted by atomic mass is 10.1. The van der Waals surface area contributed by atoms with E-state index in [1.807, 2.05) is 0 Å². The molecule has 0 spiro atoms. The second-order valence-electron chi connectivity index (χ2n) is 5.23. The highest BCUT2D eigenvalue weighted by atomic mass is 15.1. The summed E-state index contributed by atoms with van der Waals surface area (Å²) < 4.78 is 0. The van der Waals surface area contributed by atoms with Gasteiger partial charge in [-0.2, -0.15) is 0 Å². The van der Waals surface area contributed by atoms with E-state index < -0.39 is 0 Å². The summed E-state index contributed by atoms with van der Waals surface area (Å²) in [7, 11) is 0. The van der Waals surface area contributed by atoms with E-state index in [9.17, 15) is 0 Å². The fourth-order valence-corrected chi connectivity index (χ4v) is 1.76. The van der Waals surface area contributed by atoms with Gasteiger partial charge in [0.05, 0.1) is 0 Å². The second kappa shape index (κ2) is 6.70. The van der Waals surface area contributed by atoms with Gasteiger partial charge in [0.1, 0.15) is 0 Å². The van der Waals surface area contributed by atoms with Crippen LogP contribution in [0.3, 0.4) is 0 Å². The number of rotatable bonds is 6. The summed E-state index contributed by atoms with van der Waals surface area (Å²) in [5.74, 6) is 0.789. The molecule has 0 N–H and O–H groups in total. The average Bonchev–Trinajstić information content (AvgIpc) is 2.25. The molecule has 16 heavy (non-hydrogen) atoms. The first-order valence-electron chi connectivity index (χ1n) is 6.37. The summed E-state index contributed by atoms with van der Waals surface area (Å²) in [6.45, 7) is 11.4. The van der Waals surface area contributed by atoms with Crippen molar-refractivity contribution < 1.29 is 0 Å². The normalized spacial score (nSPS) is 11.7. The van der Waals surface area contributed by atoms with Crippen LogP contribution in [0.1, 0.15) is 39.7 Å². The molecule has 1 rings (SSSR count). The van der Waals surface area contributed by atoms with Gasteiger partial charge in [0.2, 0.25) is 0 Å². The molecule has 1 nitrogen and oxygen atoms in total. The average molecular weight is 219 g/mol. The van der Waals surface area contributed by atoms with E-state index in [1.54, 1.807) is 0 Å². The van der Waals surface area contributed by atoms with Crippen LogP contribution in [0.15, 0.2) is 30.3 Å². The van der Waals surface area contributed by atoms with Crippen molar-refractivity contribution in [3.8, 4) is 0 Å². The van der Waals surface area contributed by atoms with Crippen LogP contribution in [0.2, 0.25) is 0 Å². The first kappa shape index (κ1) is 13.2. The Morgan fingerprint density at radius 1 is 1.00 bits per heavy atom. The van der Waals surface area contributed by atoms with Gasteiger partial charge in [-0.25, -0.2) is 0 Å². The van der Waals surface area contributed by atoms with Gasteiger partial charge in [0.15, 0.2) is 0 Å². The zero-order chi connectivity index (χ0) is 12.0. The topological polar surface area (TPSA) is 3.24 Å². The predicted octanol–water partition coefficient (Wildman–Crippen LogP) is 3.94. The summed E-state index contributed by atoms with van der Waals surface area (Å²) in [5, 5.41) is 0. The van der Waals surface area contributed by atoms with Crippen molar-refractivity contribution in [2.24, 2.45) is 5.92 Å². The van der Waals surface area contributed by atoms with Crippen LogP contribution in [-0.2, 0) is 6.54 Å². The first-order valence-corrected chi connectivity index (χ1v) is 6.37. The molecule has 0 unspecified atom stereocenters. The van der Waals surface area contributed by atoms with Crippen LogP contribution < -0.4 is 0 Å². The minimum Gasteiger partial charge on any atom is -0.297 e. The smallest absolute Gasteiger partial charge is 0.0236 e. The SMILES string of the molecule is CC(C)CCN(Cc1ccccc1)C(C)C. The van der Waals surface area contributed by atoms with Crippen LogP contribution >= 0.6 is 0 Å². The summed E-state index contributed by atoms with van der Waals surface area (Å²) in [4.78, 5) is 2.55. The van der Waals surface area contributed by atoms with Crippen molar-refractivity contribution in [3.63, 3.8) is 0 Å². The molecule has 0 atom stereocenters. The molecule has 0 radical (unpaired) electrons. The molecule has 0 heterocycles. The lowest BCUT2D eigenvalue weighted by Gasteiger charge is -2.27. The fraction of sp³-hybridized carbons (Fsp3) is 0.600. The van der Waals surface area contributed by atoms with E-state index in [4.69, 9.17) is 0 Å². The molecular formula is C15H25N. The molecule has 0 aliphatic heterocycles. The summed E-state index contributed by atoms with van der Waals surface area (Å²) in [6, 6.07) is 11.4. The minimum absolute atomic E-state index is 0.624. The molecule has 90 valence electrons. The summed E-state index contributed by atoms with van der Waals surface area (Å²) >= 11 is 0. The standard InChI is InChI=1S/C15H25N/c1-13(2)10-11-16(14(3)4)12-15-8-6-5-7-9-15/h5-9,13-14H,10-12H2,1-4H3. The third-order valence-electron chi connectivity index (χ3n) is 2.95. The van der Waals surface area contributed by atoms with Gasteiger partial charge in [-0.1, -0.05) is 44.2 Å².